The lowest BCUT2D eigenvalue weighted by Gasteiger charge is -2.10. The molecule has 0 saturated heterocycles. The fraction of sp³-hybridized carbons (Fsp3) is 0.250. The van der Waals surface area contributed by atoms with Gasteiger partial charge in [-0.05, 0) is 0 Å². The quantitative estimate of drug-likeness (QED) is 0.823. The van der Waals surface area contributed by atoms with E-state index in [0.29, 0.717) is 6.07 Å². The minimum atomic E-state index is -5.13. The van der Waals surface area contributed by atoms with Crippen molar-refractivity contribution in [2.24, 2.45) is 0 Å². The number of nitrogens with zero attached hydrogens (tertiary/aromatic N) is 2. The molecule has 9 heteroatoms. The molecule has 0 fully saturated rings. The van der Waals surface area contributed by atoms with E-state index in [2.05, 4.69) is 9.72 Å². The molecule has 0 aliphatic carbocycles. The first-order chi connectivity index (χ1) is 7.74. The highest BCUT2D eigenvalue weighted by atomic mass is 19.4. The number of ether oxygens (including phenoxy) is 1. The molecule has 0 bridgehead atoms. The molecule has 1 rings (SSSR count). The standard InChI is InChI=1S/C8H3F5N2O2/c9-7(10)5-6(16)3(2-14)1-4(15-5)17-8(11,12)13/h1,7,16H. The fourth-order valence-electron chi connectivity index (χ4n) is 0.942. The van der Waals surface area contributed by atoms with E-state index >= 15 is 0 Å². The summed E-state index contributed by atoms with van der Waals surface area (Å²) in [4.78, 5) is 2.77. The van der Waals surface area contributed by atoms with Gasteiger partial charge < -0.3 is 9.84 Å². The van der Waals surface area contributed by atoms with Crippen molar-refractivity contribution in [2.45, 2.75) is 12.8 Å². The zero-order valence-corrected chi connectivity index (χ0v) is 7.79. The summed E-state index contributed by atoms with van der Waals surface area (Å²) in [5, 5.41) is 17.5. The monoisotopic (exact) mass is 254 g/mol. The van der Waals surface area contributed by atoms with Gasteiger partial charge in [0, 0.05) is 6.07 Å². The van der Waals surface area contributed by atoms with Crippen LogP contribution in [0.3, 0.4) is 0 Å². The Morgan fingerprint density at radius 1 is 1.41 bits per heavy atom. The normalized spacial score (nSPS) is 11.4. The van der Waals surface area contributed by atoms with Gasteiger partial charge in [0.05, 0.1) is 0 Å². The Bertz CT molecular complexity index is 466. The largest absolute Gasteiger partial charge is 0.574 e. The maximum Gasteiger partial charge on any atom is 0.574 e. The fourth-order valence-corrected chi connectivity index (χ4v) is 0.942. The molecule has 0 saturated carbocycles. The molecule has 17 heavy (non-hydrogen) atoms. The van der Waals surface area contributed by atoms with Crippen LogP contribution in [0, 0.1) is 11.3 Å². The average Bonchev–Trinajstić information content (AvgIpc) is 2.17. The molecule has 0 unspecified atom stereocenters. The van der Waals surface area contributed by atoms with Crippen molar-refractivity contribution in [2.75, 3.05) is 0 Å². The van der Waals surface area contributed by atoms with E-state index in [-0.39, 0.29) is 0 Å². The second-order valence-corrected chi connectivity index (χ2v) is 2.70. The number of pyridine rings is 1. The molecular weight excluding hydrogens is 251 g/mol. The van der Waals surface area contributed by atoms with E-state index < -0.39 is 35.7 Å². The number of aromatic hydroxyl groups is 1. The SMILES string of the molecule is N#Cc1cc(OC(F)(F)F)nc(C(F)F)c1O. The van der Waals surface area contributed by atoms with Gasteiger partial charge in [0.1, 0.15) is 11.6 Å². The third-order valence-electron chi connectivity index (χ3n) is 1.54. The second kappa shape index (κ2) is 4.40. The van der Waals surface area contributed by atoms with Crippen molar-refractivity contribution in [1.82, 2.24) is 4.98 Å². The number of hydrogen-bond acceptors (Lipinski definition) is 4. The van der Waals surface area contributed by atoms with Gasteiger partial charge in [-0.15, -0.1) is 13.2 Å². The number of aromatic nitrogens is 1. The van der Waals surface area contributed by atoms with Gasteiger partial charge in [0.2, 0.25) is 5.88 Å². The lowest BCUT2D eigenvalue weighted by atomic mass is 10.2. The third-order valence-corrected chi connectivity index (χ3v) is 1.54. The van der Waals surface area contributed by atoms with Gasteiger partial charge in [0.25, 0.3) is 6.43 Å². The number of nitriles is 1. The Balaban J connectivity index is 3.27. The van der Waals surface area contributed by atoms with Crippen LogP contribution in [0.15, 0.2) is 6.07 Å². The Labute approximate surface area is 90.9 Å². The summed E-state index contributed by atoms with van der Waals surface area (Å²) in [6.07, 6.45) is -8.46. The summed E-state index contributed by atoms with van der Waals surface area (Å²) in [6.45, 7) is 0. The summed E-state index contributed by atoms with van der Waals surface area (Å²) in [5.74, 6) is -2.40. The van der Waals surface area contributed by atoms with E-state index in [9.17, 15) is 22.0 Å². The third kappa shape index (κ3) is 3.17. The summed E-state index contributed by atoms with van der Waals surface area (Å²) in [6, 6.07) is 1.66. The average molecular weight is 254 g/mol. The van der Waals surface area contributed by atoms with E-state index in [0.717, 1.165) is 0 Å². The van der Waals surface area contributed by atoms with E-state index in [4.69, 9.17) is 10.4 Å². The molecule has 0 radical (unpaired) electrons. The summed E-state index contributed by atoms with van der Waals surface area (Å²) in [5.41, 5.74) is -2.13. The van der Waals surface area contributed by atoms with Crippen molar-refractivity contribution in [3.63, 3.8) is 0 Å². The minimum Gasteiger partial charge on any atom is -0.505 e. The molecule has 92 valence electrons. The molecule has 1 aromatic heterocycles. The molecule has 1 heterocycles. The molecule has 0 aliphatic rings. The van der Waals surface area contributed by atoms with Crippen molar-refractivity contribution >= 4 is 0 Å². The Hall–Kier alpha value is -2.11. The van der Waals surface area contributed by atoms with Crippen molar-refractivity contribution < 1.29 is 31.8 Å². The Morgan fingerprint density at radius 2 is 2.00 bits per heavy atom. The lowest BCUT2D eigenvalue weighted by molar-refractivity contribution is -0.276. The second-order valence-electron chi connectivity index (χ2n) is 2.70. The summed E-state index contributed by atoms with van der Waals surface area (Å²) < 4.78 is 63.3. The molecule has 0 spiro atoms. The van der Waals surface area contributed by atoms with Gasteiger partial charge in [-0.2, -0.15) is 5.26 Å². The number of halogens is 5. The first-order valence-corrected chi connectivity index (χ1v) is 3.92. The molecule has 0 aromatic carbocycles. The van der Waals surface area contributed by atoms with Crippen molar-refractivity contribution in [3.8, 4) is 17.7 Å². The van der Waals surface area contributed by atoms with Gasteiger partial charge in [-0.1, -0.05) is 0 Å². The lowest BCUT2D eigenvalue weighted by Crippen LogP contribution is -2.18. The van der Waals surface area contributed by atoms with Gasteiger partial charge in [0.15, 0.2) is 11.4 Å². The molecule has 1 aromatic rings. The number of hydrogen-bond donors (Lipinski definition) is 1. The highest BCUT2D eigenvalue weighted by Crippen LogP contribution is 2.33. The van der Waals surface area contributed by atoms with Crippen molar-refractivity contribution in [3.05, 3.63) is 17.3 Å². The Kier molecular flexibility index (Phi) is 3.36. The molecule has 0 aliphatic heterocycles. The maximum absolute atomic E-state index is 12.3. The van der Waals surface area contributed by atoms with Crippen LogP contribution < -0.4 is 4.74 Å². The predicted molar refractivity (Wildman–Crippen MR) is 42.3 cm³/mol. The van der Waals surface area contributed by atoms with Crippen LogP contribution in [-0.2, 0) is 0 Å². The summed E-state index contributed by atoms with van der Waals surface area (Å²) in [7, 11) is 0. The van der Waals surface area contributed by atoms with Gasteiger partial charge in [-0.3, -0.25) is 0 Å². The van der Waals surface area contributed by atoms with E-state index in [1.807, 2.05) is 0 Å². The zero-order chi connectivity index (χ0) is 13.2. The number of alkyl halides is 5. The van der Waals surface area contributed by atoms with Crippen LogP contribution in [0.4, 0.5) is 22.0 Å². The number of rotatable bonds is 2. The summed E-state index contributed by atoms with van der Waals surface area (Å²) >= 11 is 0. The molecular formula is C8H3F5N2O2. The smallest absolute Gasteiger partial charge is 0.505 e. The Morgan fingerprint density at radius 3 is 2.41 bits per heavy atom. The van der Waals surface area contributed by atoms with E-state index in [1.165, 1.54) is 6.07 Å². The van der Waals surface area contributed by atoms with Crippen LogP contribution in [0.2, 0.25) is 0 Å². The molecule has 4 nitrogen and oxygen atoms in total. The van der Waals surface area contributed by atoms with Crippen LogP contribution in [-0.4, -0.2) is 16.5 Å². The maximum atomic E-state index is 12.3. The van der Waals surface area contributed by atoms with Gasteiger partial charge >= 0.3 is 6.36 Å². The minimum absolute atomic E-state index is 0.411. The first kappa shape index (κ1) is 13.0. The highest BCUT2D eigenvalue weighted by Gasteiger charge is 2.33. The predicted octanol–water partition coefficient (Wildman–Crippen LogP) is 2.50. The van der Waals surface area contributed by atoms with Crippen LogP contribution in [0.5, 0.6) is 11.6 Å². The highest BCUT2D eigenvalue weighted by molar-refractivity contribution is 5.47. The molecule has 0 atom stereocenters. The van der Waals surface area contributed by atoms with Crippen LogP contribution in [0.1, 0.15) is 17.7 Å². The van der Waals surface area contributed by atoms with Gasteiger partial charge in [-0.25, -0.2) is 13.8 Å². The molecule has 0 amide bonds. The van der Waals surface area contributed by atoms with Crippen LogP contribution in [0.25, 0.3) is 0 Å². The topological polar surface area (TPSA) is 66.1 Å². The van der Waals surface area contributed by atoms with Crippen molar-refractivity contribution in [1.29, 1.82) is 5.26 Å². The first-order valence-electron chi connectivity index (χ1n) is 3.92. The zero-order valence-electron chi connectivity index (χ0n) is 7.79. The van der Waals surface area contributed by atoms with Crippen LogP contribution >= 0.6 is 0 Å². The molecule has 1 N–H and O–H groups in total. The van der Waals surface area contributed by atoms with E-state index in [1.54, 1.807) is 0 Å².